The van der Waals surface area contributed by atoms with E-state index >= 15 is 0 Å². The van der Waals surface area contributed by atoms with Crippen LogP contribution in [0.1, 0.15) is 12.7 Å². The second-order valence-electron chi connectivity index (χ2n) is 5.63. The fourth-order valence-electron chi connectivity index (χ4n) is 2.48. The molecule has 0 saturated heterocycles. The fraction of sp³-hybridized carbons (Fsp3) is 0.167. The number of rotatable bonds is 4. The molecule has 0 radical (unpaired) electrons. The number of aromatic amines is 1. The van der Waals surface area contributed by atoms with Gasteiger partial charge in [-0.15, -0.1) is 0 Å². The molecule has 0 atom stereocenters. The summed E-state index contributed by atoms with van der Waals surface area (Å²) in [5.41, 5.74) is 0.987. The number of nitrogens with zero attached hydrogens (tertiary/aromatic N) is 2. The third-order valence-electron chi connectivity index (χ3n) is 3.82. The summed E-state index contributed by atoms with van der Waals surface area (Å²) in [5, 5.41) is 4.50. The molecular formula is C18H16ClFN4OS. The van der Waals surface area contributed by atoms with E-state index in [9.17, 15) is 9.18 Å². The molecule has 0 fully saturated rings. The molecule has 1 aromatic heterocycles. The van der Waals surface area contributed by atoms with Gasteiger partial charge in [0.05, 0.1) is 17.4 Å². The number of aromatic nitrogens is 2. The van der Waals surface area contributed by atoms with Crippen molar-refractivity contribution in [3.05, 3.63) is 69.5 Å². The first-order valence-corrected chi connectivity index (χ1v) is 8.75. The topological polar surface area (TPSA) is 61.0 Å². The summed E-state index contributed by atoms with van der Waals surface area (Å²) in [5.74, 6) is 0.167. The van der Waals surface area contributed by atoms with Gasteiger partial charge < -0.3 is 15.2 Å². The summed E-state index contributed by atoms with van der Waals surface area (Å²) in [4.78, 5) is 21.3. The molecule has 0 amide bonds. The van der Waals surface area contributed by atoms with E-state index in [-0.39, 0.29) is 11.4 Å². The van der Waals surface area contributed by atoms with Gasteiger partial charge in [0.1, 0.15) is 11.6 Å². The van der Waals surface area contributed by atoms with E-state index in [1.165, 1.54) is 12.1 Å². The molecular weight excluding hydrogens is 375 g/mol. The number of halogens is 2. The van der Waals surface area contributed by atoms with Crippen LogP contribution in [0, 0.1) is 5.82 Å². The summed E-state index contributed by atoms with van der Waals surface area (Å²) >= 11 is 11.4. The molecule has 0 saturated carbocycles. The average Bonchev–Trinajstić information content (AvgIpc) is 2.61. The zero-order chi connectivity index (χ0) is 18.7. The van der Waals surface area contributed by atoms with Crippen molar-refractivity contribution < 1.29 is 4.39 Å². The number of H-pyrrole nitrogens is 1. The Morgan fingerprint density at radius 1 is 1.31 bits per heavy atom. The van der Waals surface area contributed by atoms with Crippen LogP contribution in [-0.2, 0) is 6.54 Å². The molecule has 0 aliphatic heterocycles. The first kappa shape index (κ1) is 18.3. The highest BCUT2D eigenvalue weighted by Gasteiger charge is 2.12. The summed E-state index contributed by atoms with van der Waals surface area (Å²) in [7, 11) is 0. The van der Waals surface area contributed by atoms with Crippen LogP contribution in [-0.4, -0.2) is 26.5 Å². The van der Waals surface area contributed by atoms with E-state index < -0.39 is 0 Å². The quantitative estimate of drug-likeness (QED) is 0.661. The SMILES string of the molecule is CCN(Cc1nc2cc(Cl)ccc2c(=O)[nH]1)C(=S)Nc1ccc(F)cc1. The molecule has 0 bridgehead atoms. The molecule has 2 aromatic carbocycles. The van der Waals surface area contributed by atoms with Crippen molar-refractivity contribution in [3.63, 3.8) is 0 Å². The smallest absolute Gasteiger partial charge is 0.258 e. The Kier molecular flexibility index (Phi) is 5.49. The zero-order valence-corrected chi connectivity index (χ0v) is 15.5. The van der Waals surface area contributed by atoms with Gasteiger partial charge in [0.2, 0.25) is 0 Å². The van der Waals surface area contributed by atoms with Crippen LogP contribution in [0.3, 0.4) is 0 Å². The molecule has 26 heavy (non-hydrogen) atoms. The van der Waals surface area contributed by atoms with Crippen molar-refractivity contribution in [1.82, 2.24) is 14.9 Å². The maximum absolute atomic E-state index is 13.0. The number of thiocarbonyl (C=S) groups is 1. The molecule has 2 N–H and O–H groups in total. The van der Waals surface area contributed by atoms with Gasteiger partial charge in [-0.05, 0) is 61.6 Å². The number of hydrogen-bond acceptors (Lipinski definition) is 3. The molecule has 0 aliphatic rings. The Bertz CT molecular complexity index is 1010. The molecule has 1 heterocycles. The Balaban J connectivity index is 1.81. The Hall–Kier alpha value is -2.51. The van der Waals surface area contributed by atoms with Gasteiger partial charge in [-0.25, -0.2) is 9.37 Å². The summed E-state index contributed by atoms with van der Waals surface area (Å²) in [6.45, 7) is 2.86. The number of nitrogens with one attached hydrogen (secondary N) is 2. The van der Waals surface area contributed by atoms with E-state index in [1.54, 1.807) is 30.3 Å². The Morgan fingerprint density at radius 3 is 2.73 bits per heavy atom. The molecule has 0 unspecified atom stereocenters. The third kappa shape index (κ3) is 4.17. The maximum atomic E-state index is 13.0. The van der Waals surface area contributed by atoms with Gasteiger partial charge in [0, 0.05) is 17.3 Å². The average molecular weight is 391 g/mol. The first-order chi connectivity index (χ1) is 12.5. The molecule has 134 valence electrons. The first-order valence-electron chi connectivity index (χ1n) is 7.96. The number of benzene rings is 2. The van der Waals surface area contributed by atoms with Crippen molar-refractivity contribution in [2.75, 3.05) is 11.9 Å². The predicted octanol–water partition coefficient (Wildman–Crippen LogP) is 3.93. The van der Waals surface area contributed by atoms with E-state index in [0.29, 0.717) is 45.6 Å². The fourth-order valence-corrected chi connectivity index (χ4v) is 2.96. The second-order valence-corrected chi connectivity index (χ2v) is 6.45. The Labute approximate surface area is 159 Å². The van der Waals surface area contributed by atoms with Crippen molar-refractivity contribution in [2.45, 2.75) is 13.5 Å². The van der Waals surface area contributed by atoms with Crippen LogP contribution in [0.25, 0.3) is 10.9 Å². The number of fused-ring (bicyclic) bond motifs is 1. The molecule has 0 spiro atoms. The van der Waals surface area contributed by atoms with Crippen molar-refractivity contribution in [2.24, 2.45) is 0 Å². The normalized spacial score (nSPS) is 10.7. The van der Waals surface area contributed by atoms with Gasteiger partial charge in [-0.3, -0.25) is 4.79 Å². The van der Waals surface area contributed by atoms with Gasteiger partial charge in [0.25, 0.3) is 5.56 Å². The molecule has 5 nitrogen and oxygen atoms in total. The van der Waals surface area contributed by atoms with Crippen LogP contribution >= 0.6 is 23.8 Å². The lowest BCUT2D eigenvalue weighted by atomic mass is 10.2. The standard InChI is InChI=1S/C18H16ClFN4OS/c1-2-24(18(26)21-13-6-4-12(20)5-7-13)10-16-22-15-9-11(19)3-8-14(15)17(25)23-16/h3-9H,2,10H2,1H3,(H,21,26)(H,22,23,25). The van der Waals surface area contributed by atoms with Crippen molar-refractivity contribution in [1.29, 1.82) is 0 Å². The van der Waals surface area contributed by atoms with Crippen molar-refractivity contribution >= 4 is 45.5 Å². The van der Waals surface area contributed by atoms with Gasteiger partial charge in [-0.1, -0.05) is 11.6 Å². The molecule has 0 aliphatic carbocycles. The van der Waals surface area contributed by atoms with Crippen LogP contribution < -0.4 is 10.9 Å². The minimum absolute atomic E-state index is 0.227. The third-order valence-corrected chi connectivity index (χ3v) is 4.42. The van der Waals surface area contributed by atoms with Gasteiger partial charge >= 0.3 is 0 Å². The van der Waals surface area contributed by atoms with Crippen LogP contribution in [0.15, 0.2) is 47.3 Å². The highest BCUT2D eigenvalue weighted by Crippen LogP contribution is 2.15. The Morgan fingerprint density at radius 2 is 2.04 bits per heavy atom. The predicted molar refractivity (Wildman–Crippen MR) is 106 cm³/mol. The lowest BCUT2D eigenvalue weighted by molar-refractivity contribution is 0.429. The molecule has 8 heteroatoms. The number of anilines is 1. The zero-order valence-electron chi connectivity index (χ0n) is 13.9. The lowest BCUT2D eigenvalue weighted by Gasteiger charge is -2.24. The maximum Gasteiger partial charge on any atom is 0.258 e. The van der Waals surface area contributed by atoms with E-state index in [0.717, 1.165) is 0 Å². The van der Waals surface area contributed by atoms with Crippen LogP contribution in [0.4, 0.5) is 10.1 Å². The van der Waals surface area contributed by atoms with E-state index in [2.05, 4.69) is 15.3 Å². The second kappa shape index (κ2) is 7.80. The summed E-state index contributed by atoms with van der Waals surface area (Å²) in [6.07, 6.45) is 0. The largest absolute Gasteiger partial charge is 0.342 e. The monoisotopic (exact) mass is 390 g/mol. The molecule has 3 rings (SSSR count). The van der Waals surface area contributed by atoms with Crippen molar-refractivity contribution in [3.8, 4) is 0 Å². The highest BCUT2D eigenvalue weighted by atomic mass is 35.5. The van der Waals surface area contributed by atoms with E-state index in [4.69, 9.17) is 23.8 Å². The minimum atomic E-state index is -0.314. The highest BCUT2D eigenvalue weighted by molar-refractivity contribution is 7.80. The summed E-state index contributed by atoms with van der Waals surface area (Å²) in [6, 6.07) is 10.9. The number of hydrogen-bond donors (Lipinski definition) is 2. The van der Waals surface area contributed by atoms with Gasteiger partial charge in [-0.2, -0.15) is 0 Å². The van der Waals surface area contributed by atoms with Crippen LogP contribution in [0.2, 0.25) is 5.02 Å². The minimum Gasteiger partial charge on any atom is -0.342 e. The van der Waals surface area contributed by atoms with Gasteiger partial charge in [0.15, 0.2) is 5.11 Å². The van der Waals surface area contributed by atoms with E-state index in [1.807, 2.05) is 11.8 Å². The van der Waals surface area contributed by atoms with Crippen LogP contribution in [0.5, 0.6) is 0 Å². The molecule has 3 aromatic rings. The summed E-state index contributed by atoms with van der Waals surface area (Å²) < 4.78 is 13.0. The lowest BCUT2D eigenvalue weighted by Crippen LogP contribution is -2.35.